The van der Waals surface area contributed by atoms with Gasteiger partial charge in [0.2, 0.25) is 11.8 Å². The standard InChI is InChI=1S/C29H34F3N5O4/c1-19(2)26-28(39)34-10-12-37-11-9-33-27(37)21-7-8-23(40-3)24(16-21)41-14-13-36(18-25(38)35-26)17-20-5-4-6-22(15-20)29(30,31)32/h4-9,11,15-16,19,26H,10,12-14,17-18H2,1-3H3,(H,34,39)(H,35,38)/t26-/m1/s1. The number of hydrogen-bond donors (Lipinski definition) is 2. The number of nitrogens with zero attached hydrogens (tertiary/aromatic N) is 3. The maximum atomic E-state index is 13.3. The predicted molar refractivity (Wildman–Crippen MR) is 146 cm³/mol. The summed E-state index contributed by atoms with van der Waals surface area (Å²) >= 11 is 0. The van der Waals surface area contributed by atoms with E-state index >= 15 is 0 Å². The van der Waals surface area contributed by atoms with Gasteiger partial charge in [0.15, 0.2) is 11.5 Å². The number of benzene rings is 2. The molecule has 2 bridgehead atoms. The minimum atomic E-state index is -4.49. The van der Waals surface area contributed by atoms with E-state index in [2.05, 4.69) is 15.6 Å². The molecule has 2 N–H and O–H groups in total. The highest BCUT2D eigenvalue weighted by Crippen LogP contribution is 2.32. The summed E-state index contributed by atoms with van der Waals surface area (Å²) in [4.78, 5) is 32.3. The lowest BCUT2D eigenvalue weighted by Gasteiger charge is -2.26. The van der Waals surface area contributed by atoms with Gasteiger partial charge in [-0.1, -0.05) is 32.0 Å². The molecule has 1 aliphatic rings. The van der Waals surface area contributed by atoms with Crippen LogP contribution in [0.1, 0.15) is 25.0 Å². The molecule has 41 heavy (non-hydrogen) atoms. The summed E-state index contributed by atoms with van der Waals surface area (Å²) in [6, 6.07) is 9.63. The molecular formula is C29H34F3N5O4. The van der Waals surface area contributed by atoms with Gasteiger partial charge in [0.05, 0.1) is 19.2 Å². The van der Waals surface area contributed by atoms with E-state index in [-0.39, 0.29) is 38.1 Å². The Kier molecular flexibility index (Phi) is 9.53. The molecule has 2 heterocycles. The average molecular weight is 574 g/mol. The molecule has 0 unspecified atom stereocenters. The fourth-order valence-electron chi connectivity index (χ4n) is 4.65. The first-order valence-corrected chi connectivity index (χ1v) is 13.3. The van der Waals surface area contributed by atoms with Crippen LogP contribution in [0.4, 0.5) is 13.2 Å². The van der Waals surface area contributed by atoms with E-state index in [4.69, 9.17) is 9.47 Å². The predicted octanol–water partition coefficient (Wildman–Crippen LogP) is 3.73. The summed E-state index contributed by atoms with van der Waals surface area (Å²) in [5.74, 6) is 0.694. The van der Waals surface area contributed by atoms with Crippen LogP contribution < -0.4 is 20.1 Å². The van der Waals surface area contributed by atoms with Crippen molar-refractivity contribution in [2.45, 2.75) is 39.2 Å². The fraction of sp³-hybridized carbons (Fsp3) is 0.414. The van der Waals surface area contributed by atoms with Crippen LogP contribution in [0.2, 0.25) is 0 Å². The van der Waals surface area contributed by atoms with Gasteiger partial charge in [0, 0.05) is 44.1 Å². The van der Waals surface area contributed by atoms with Gasteiger partial charge in [-0.3, -0.25) is 14.5 Å². The van der Waals surface area contributed by atoms with Crippen LogP contribution in [0.3, 0.4) is 0 Å². The van der Waals surface area contributed by atoms with Crippen molar-refractivity contribution in [3.63, 3.8) is 0 Å². The maximum absolute atomic E-state index is 13.3. The number of rotatable bonds is 4. The minimum absolute atomic E-state index is 0.0633. The Bertz CT molecular complexity index is 1360. The molecule has 1 aliphatic heterocycles. The second-order valence-electron chi connectivity index (χ2n) is 10.1. The molecule has 9 nitrogen and oxygen atoms in total. The fourth-order valence-corrected chi connectivity index (χ4v) is 4.65. The molecule has 12 heteroatoms. The highest BCUT2D eigenvalue weighted by molar-refractivity contribution is 5.88. The van der Waals surface area contributed by atoms with Crippen LogP contribution in [0.25, 0.3) is 11.4 Å². The second kappa shape index (κ2) is 13.1. The molecule has 0 saturated heterocycles. The van der Waals surface area contributed by atoms with E-state index in [0.29, 0.717) is 36.0 Å². The summed E-state index contributed by atoms with van der Waals surface area (Å²) in [6.07, 6.45) is -1.00. The summed E-state index contributed by atoms with van der Waals surface area (Å²) in [7, 11) is 1.52. The number of aromatic nitrogens is 2. The van der Waals surface area contributed by atoms with Crippen molar-refractivity contribution in [2.75, 3.05) is 33.4 Å². The van der Waals surface area contributed by atoms with Crippen LogP contribution in [-0.4, -0.2) is 65.7 Å². The molecular weight excluding hydrogens is 539 g/mol. The van der Waals surface area contributed by atoms with Crippen molar-refractivity contribution >= 4 is 11.8 Å². The van der Waals surface area contributed by atoms with Crippen molar-refractivity contribution in [2.24, 2.45) is 5.92 Å². The molecule has 3 aromatic rings. The number of methoxy groups -OCH3 is 1. The summed E-state index contributed by atoms with van der Waals surface area (Å²) in [6.45, 7) is 4.66. The lowest BCUT2D eigenvalue weighted by Crippen LogP contribution is -2.52. The van der Waals surface area contributed by atoms with Crippen molar-refractivity contribution < 1.29 is 32.2 Å². The Hall–Kier alpha value is -4.06. The molecule has 2 aromatic carbocycles. The third kappa shape index (κ3) is 7.78. The molecule has 1 atom stereocenters. The molecule has 0 saturated carbocycles. The average Bonchev–Trinajstić information content (AvgIpc) is 3.39. The van der Waals surface area contributed by atoms with E-state index in [0.717, 1.165) is 17.7 Å². The Labute approximate surface area is 236 Å². The number of halogens is 3. The minimum Gasteiger partial charge on any atom is -0.493 e. The van der Waals surface area contributed by atoms with Crippen LogP contribution in [0, 0.1) is 5.92 Å². The first kappa shape index (κ1) is 29.9. The first-order valence-electron chi connectivity index (χ1n) is 13.3. The highest BCUT2D eigenvalue weighted by Gasteiger charge is 2.31. The second-order valence-corrected chi connectivity index (χ2v) is 10.1. The number of carbonyl (C=O) groups is 2. The van der Waals surface area contributed by atoms with Gasteiger partial charge in [-0.2, -0.15) is 13.2 Å². The van der Waals surface area contributed by atoms with Crippen LogP contribution >= 0.6 is 0 Å². The largest absolute Gasteiger partial charge is 0.493 e. The van der Waals surface area contributed by atoms with E-state index in [1.807, 2.05) is 30.7 Å². The van der Waals surface area contributed by atoms with Gasteiger partial charge in [0.1, 0.15) is 18.5 Å². The van der Waals surface area contributed by atoms with Gasteiger partial charge in [0.25, 0.3) is 0 Å². The van der Waals surface area contributed by atoms with Crippen molar-refractivity contribution in [1.29, 1.82) is 0 Å². The molecule has 220 valence electrons. The number of amides is 2. The van der Waals surface area contributed by atoms with E-state index in [1.165, 1.54) is 13.2 Å². The molecule has 0 aliphatic carbocycles. The topological polar surface area (TPSA) is 97.7 Å². The van der Waals surface area contributed by atoms with Crippen LogP contribution in [0.15, 0.2) is 54.9 Å². The normalized spacial score (nSPS) is 17.7. The number of nitrogens with one attached hydrogen (secondary N) is 2. The number of imidazole rings is 1. The molecule has 0 radical (unpaired) electrons. The summed E-state index contributed by atoms with van der Waals surface area (Å²) in [5.41, 5.74) is 0.403. The zero-order valence-electron chi connectivity index (χ0n) is 23.2. The third-order valence-electron chi connectivity index (χ3n) is 6.75. The van der Waals surface area contributed by atoms with Gasteiger partial charge >= 0.3 is 6.18 Å². The zero-order valence-corrected chi connectivity index (χ0v) is 23.2. The monoisotopic (exact) mass is 573 g/mol. The van der Waals surface area contributed by atoms with Gasteiger partial charge in [-0.25, -0.2) is 4.98 Å². The molecule has 4 rings (SSSR count). The van der Waals surface area contributed by atoms with E-state index in [9.17, 15) is 22.8 Å². The number of alkyl halides is 3. The summed E-state index contributed by atoms with van der Waals surface area (Å²) < 4.78 is 53.4. The van der Waals surface area contributed by atoms with E-state index in [1.54, 1.807) is 29.3 Å². The highest BCUT2D eigenvalue weighted by atomic mass is 19.4. The Balaban J connectivity index is 1.64. The number of carbonyl (C=O) groups excluding carboxylic acids is 2. The Morgan fingerprint density at radius 2 is 1.95 bits per heavy atom. The molecule has 2 amide bonds. The van der Waals surface area contributed by atoms with Crippen LogP contribution in [0.5, 0.6) is 11.5 Å². The van der Waals surface area contributed by atoms with Gasteiger partial charge in [-0.15, -0.1) is 0 Å². The lowest BCUT2D eigenvalue weighted by molar-refractivity contribution is -0.137. The summed E-state index contributed by atoms with van der Waals surface area (Å²) in [5, 5.41) is 5.69. The van der Waals surface area contributed by atoms with Gasteiger partial charge < -0.3 is 24.7 Å². The van der Waals surface area contributed by atoms with Crippen molar-refractivity contribution in [3.8, 4) is 22.9 Å². The SMILES string of the molecule is COc1ccc2cc1OCCN(Cc1cccc(C(F)(F)F)c1)CC(=O)N[C@H](C(C)C)C(=O)NCCn1ccnc1-2. The van der Waals surface area contributed by atoms with E-state index < -0.39 is 23.7 Å². The lowest BCUT2D eigenvalue weighted by atomic mass is 10.0. The molecule has 0 fully saturated rings. The Morgan fingerprint density at radius 3 is 2.68 bits per heavy atom. The molecule has 0 spiro atoms. The Morgan fingerprint density at radius 1 is 1.15 bits per heavy atom. The number of ether oxygens (including phenoxy) is 2. The maximum Gasteiger partial charge on any atom is 0.416 e. The van der Waals surface area contributed by atoms with Crippen LogP contribution in [-0.2, 0) is 28.9 Å². The van der Waals surface area contributed by atoms with Gasteiger partial charge in [-0.05, 0) is 35.7 Å². The smallest absolute Gasteiger partial charge is 0.416 e. The third-order valence-corrected chi connectivity index (χ3v) is 6.75. The zero-order chi connectivity index (χ0) is 29.6. The number of fused-ring (bicyclic) bond motifs is 4. The van der Waals surface area contributed by atoms with Crippen molar-refractivity contribution in [1.82, 2.24) is 25.1 Å². The van der Waals surface area contributed by atoms with Crippen molar-refractivity contribution in [3.05, 3.63) is 66.0 Å². The number of hydrogen-bond acceptors (Lipinski definition) is 6. The quantitative estimate of drug-likeness (QED) is 0.494. The molecule has 1 aromatic heterocycles. The first-order chi connectivity index (χ1) is 19.5.